The number of hydrogen-bond acceptors (Lipinski definition) is 6. The number of ether oxygens (including phenoxy) is 1. The van der Waals surface area contributed by atoms with E-state index in [1.165, 1.54) is 25.3 Å². The summed E-state index contributed by atoms with van der Waals surface area (Å²) in [6.07, 6.45) is 9.82. The minimum Gasteiger partial charge on any atom is -0.466 e. The van der Waals surface area contributed by atoms with Crippen molar-refractivity contribution in [1.82, 2.24) is 0 Å². The monoisotopic (exact) mass is 496 g/mol. The number of aliphatic hydroxyl groups excluding tert-OH is 2. The van der Waals surface area contributed by atoms with E-state index < -0.39 is 17.8 Å². The molecule has 0 saturated heterocycles. The fourth-order valence-corrected chi connectivity index (χ4v) is 6.34. The molecule has 3 N–H and O–H groups in total. The highest BCUT2D eigenvalue weighted by molar-refractivity contribution is 8.00. The Morgan fingerprint density at radius 3 is 2.59 bits per heavy atom. The summed E-state index contributed by atoms with van der Waals surface area (Å²) in [4.78, 5) is 11.1. The molecule has 5 nitrogen and oxygen atoms in total. The third-order valence-electron chi connectivity index (χ3n) is 6.63. The number of methoxy groups -OCH3 is 1. The van der Waals surface area contributed by atoms with Gasteiger partial charge in [-0.3, -0.25) is 0 Å². The molecule has 0 radical (unpaired) electrons. The molecule has 0 aliphatic heterocycles. The molecular formula is C27H41FO5S. The highest BCUT2D eigenvalue weighted by Gasteiger charge is 2.42. The Bertz CT molecular complexity index is 756. The van der Waals surface area contributed by atoms with Gasteiger partial charge in [0, 0.05) is 29.9 Å². The summed E-state index contributed by atoms with van der Waals surface area (Å²) in [6.45, 7) is 2.12. The normalized spacial score (nSPS) is 24.4. The number of carbonyl (C=O) groups is 1. The lowest BCUT2D eigenvalue weighted by Crippen LogP contribution is -2.37. The van der Waals surface area contributed by atoms with Gasteiger partial charge in [0.15, 0.2) is 0 Å². The van der Waals surface area contributed by atoms with Crippen LogP contribution in [0.25, 0.3) is 0 Å². The van der Waals surface area contributed by atoms with Crippen molar-refractivity contribution >= 4 is 17.7 Å². The van der Waals surface area contributed by atoms with Gasteiger partial charge in [-0.1, -0.05) is 50.8 Å². The van der Waals surface area contributed by atoms with E-state index >= 15 is 0 Å². The van der Waals surface area contributed by atoms with Crippen LogP contribution in [0, 0.1) is 11.7 Å². The second kappa shape index (κ2) is 14.9. The molecule has 3 unspecified atom stereocenters. The molecular weight excluding hydrogens is 455 g/mol. The van der Waals surface area contributed by atoms with Gasteiger partial charge in [0.1, 0.15) is 5.82 Å². The third kappa shape index (κ3) is 9.68. The molecule has 192 valence electrons. The molecule has 1 saturated carbocycles. The van der Waals surface area contributed by atoms with Crippen molar-refractivity contribution in [3.05, 3.63) is 47.8 Å². The Hall–Kier alpha value is -1.41. The van der Waals surface area contributed by atoms with Crippen LogP contribution in [0.1, 0.15) is 70.3 Å². The number of rotatable bonds is 15. The molecule has 1 fully saturated rings. The fourth-order valence-electron chi connectivity index (χ4n) is 4.69. The van der Waals surface area contributed by atoms with E-state index in [1.807, 2.05) is 0 Å². The highest BCUT2D eigenvalue weighted by Crippen LogP contribution is 2.41. The van der Waals surface area contributed by atoms with Crippen molar-refractivity contribution in [2.45, 2.75) is 94.2 Å². The van der Waals surface area contributed by atoms with E-state index in [0.717, 1.165) is 50.5 Å². The van der Waals surface area contributed by atoms with Crippen LogP contribution < -0.4 is 0 Å². The van der Waals surface area contributed by atoms with E-state index in [0.29, 0.717) is 25.0 Å². The van der Waals surface area contributed by atoms with Gasteiger partial charge < -0.3 is 20.1 Å². The van der Waals surface area contributed by atoms with Gasteiger partial charge in [-0.25, -0.2) is 9.18 Å². The molecule has 1 aromatic carbocycles. The molecule has 34 heavy (non-hydrogen) atoms. The SMILES string of the molecule is CCCCCC(O)(CS[C@H]1C(O)CC(O)[C@@H]1CCCCC=CC(=O)OC)Cc1ccc(F)cc1. The standard InChI is InChI=1S/C27H41FO5S/c1-3-4-9-16-27(32,18-20-12-14-21(28)15-13-20)19-34-26-22(23(29)17-24(26)30)10-7-5-6-8-11-25(31)33-2/h8,11-15,22-24,26,29-30,32H,3-7,9-10,16-19H2,1-2H3/t22-,23?,24?,26+,27?/m0/s1. The molecule has 0 heterocycles. The maximum absolute atomic E-state index is 13.3. The molecule has 0 aromatic heterocycles. The number of esters is 1. The molecule has 0 spiro atoms. The van der Waals surface area contributed by atoms with Gasteiger partial charge in [0.05, 0.1) is 24.9 Å². The number of benzene rings is 1. The Balaban J connectivity index is 1.94. The predicted octanol–water partition coefficient (Wildman–Crippen LogP) is 4.81. The third-order valence-corrected chi connectivity index (χ3v) is 8.38. The molecule has 0 bridgehead atoms. The van der Waals surface area contributed by atoms with Gasteiger partial charge in [-0.2, -0.15) is 11.8 Å². The summed E-state index contributed by atoms with van der Waals surface area (Å²) in [5, 5.41) is 32.5. The quantitative estimate of drug-likeness (QED) is 0.183. The van der Waals surface area contributed by atoms with Crippen LogP contribution >= 0.6 is 11.8 Å². The van der Waals surface area contributed by atoms with Gasteiger partial charge in [-0.05, 0) is 49.3 Å². The van der Waals surface area contributed by atoms with Crippen molar-refractivity contribution in [2.24, 2.45) is 5.92 Å². The van der Waals surface area contributed by atoms with E-state index in [2.05, 4.69) is 11.7 Å². The second-order valence-electron chi connectivity index (χ2n) is 9.50. The van der Waals surface area contributed by atoms with Crippen molar-refractivity contribution in [1.29, 1.82) is 0 Å². The average molecular weight is 497 g/mol. The molecule has 0 amide bonds. The number of halogens is 1. The zero-order valence-electron chi connectivity index (χ0n) is 20.5. The molecule has 7 heteroatoms. The van der Waals surface area contributed by atoms with Crippen LogP contribution in [-0.4, -0.2) is 57.2 Å². The summed E-state index contributed by atoms with van der Waals surface area (Å²) >= 11 is 1.56. The number of allylic oxidation sites excluding steroid dienone is 1. The van der Waals surface area contributed by atoms with E-state index in [9.17, 15) is 24.5 Å². The first-order valence-corrected chi connectivity index (χ1v) is 13.5. The zero-order chi connectivity index (χ0) is 25.0. The molecule has 1 aliphatic carbocycles. The minimum atomic E-state index is -0.950. The second-order valence-corrected chi connectivity index (χ2v) is 10.7. The molecule has 2 rings (SSSR count). The van der Waals surface area contributed by atoms with E-state index in [1.54, 1.807) is 30.0 Å². The lowest BCUT2D eigenvalue weighted by molar-refractivity contribution is -0.134. The van der Waals surface area contributed by atoms with Crippen molar-refractivity contribution < 1.29 is 29.2 Å². The molecule has 1 aliphatic rings. The summed E-state index contributed by atoms with van der Waals surface area (Å²) in [5.74, 6) is -0.228. The highest BCUT2D eigenvalue weighted by atomic mass is 32.2. The van der Waals surface area contributed by atoms with Crippen LogP contribution in [0.2, 0.25) is 0 Å². The van der Waals surface area contributed by atoms with E-state index in [4.69, 9.17) is 0 Å². The van der Waals surface area contributed by atoms with Crippen molar-refractivity contribution in [3.63, 3.8) is 0 Å². The summed E-state index contributed by atoms with van der Waals surface area (Å²) in [6, 6.07) is 6.28. The van der Waals surface area contributed by atoms with Crippen LogP contribution in [-0.2, 0) is 16.0 Å². The maximum Gasteiger partial charge on any atom is 0.330 e. The average Bonchev–Trinajstić information content (AvgIpc) is 3.08. The Morgan fingerprint density at radius 1 is 1.18 bits per heavy atom. The summed E-state index contributed by atoms with van der Waals surface area (Å²) < 4.78 is 17.9. The van der Waals surface area contributed by atoms with Crippen LogP contribution in [0.5, 0.6) is 0 Å². The lowest BCUT2D eigenvalue weighted by atomic mass is 9.91. The number of unbranched alkanes of at least 4 members (excludes halogenated alkanes) is 4. The number of aliphatic hydroxyl groups is 3. The summed E-state index contributed by atoms with van der Waals surface area (Å²) in [7, 11) is 1.35. The first-order valence-electron chi connectivity index (χ1n) is 12.5. The maximum atomic E-state index is 13.3. The first kappa shape index (κ1) is 28.8. The smallest absolute Gasteiger partial charge is 0.330 e. The molecule has 5 atom stereocenters. The topological polar surface area (TPSA) is 87.0 Å². The molecule has 1 aromatic rings. The largest absolute Gasteiger partial charge is 0.466 e. The zero-order valence-corrected chi connectivity index (χ0v) is 21.3. The van der Waals surface area contributed by atoms with E-state index in [-0.39, 0.29) is 23.0 Å². The van der Waals surface area contributed by atoms with Gasteiger partial charge in [0.2, 0.25) is 0 Å². The van der Waals surface area contributed by atoms with Crippen LogP contribution in [0.4, 0.5) is 4.39 Å². The first-order chi connectivity index (χ1) is 16.3. The van der Waals surface area contributed by atoms with Crippen molar-refractivity contribution in [2.75, 3.05) is 12.9 Å². The number of hydrogen-bond donors (Lipinski definition) is 3. The van der Waals surface area contributed by atoms with Gasteiger partial charge in [-0.15, -0.1) is 0 Å². The summed E-state index contributed by atoms with van der Waals surface area (Å²) in [5.41, 5.74) is -0.0571. The Morgan fingerprint density at radius 2 is 1.91 bits per heavy atom. The van der Waals surface area contributed by atoms with Crippen LogP contribution in [0.15, 0.2) is 36.4 Å². The van der Waals surface area contributed by atoms with Gasteiger partial charge >= 0.3 is 5.97 Å². The van der Waals surface area contributed by atoms with Crippen LogP contribution in [0.3, 0.4) is 0 Å². The Labute approximate surface area is 207 Å². The Kier molecular flexibility index (Phi) is 12.6. The fraction of sp³-hybridized carbons (Fsp3) is 0.667. The number of carbonyl (C=O) groups excluding carboxylic acids is 1. The number of thioether (sulfide) groups is 1. The van der Waals surface area contributed by atoms with Gasteiger partial charge in [0.25, 0.3) is 0 Å². The minimum absolute atomic E-state index is 0.0321. The van der Waals surface area contributed by atoms with Crippen molar-refractivity contribution in [3.8, 4) is 0 Å². The predicted molar refractivity (Wildman–Crippen MR) is 135 cm³/mol. The lowest BCUT2D eigenvalue weighted by Gasteiger charge is -2.32.